The van der Waals surface area contributed by atoms with Crippen molar-refractivity contribution in [3.05, 3.63) is 52.6 Å². The Bertz CT molecular complexity index is 937. The van der Waals surface area contributed by atoms with E-state index in [1.54, 1.807) is 21.1 Å². The van der Waals surface area contributed by atoms with Gasteiger partial charge in [0.15, 0.2) is 6.04 Å². The topological polar surface area (TPSA) is 72.6 Å². The van der Waals surface area contributed by atoms with E-state index in [1.165, 1.54) is 0 Å². The number of aromatic amines is 1. The molecule has 3 aromatic rings. The van der Waals surface area contributed by atoms with Gasteiger partial charge in [-0.05, 0) is 59.3 Å². The van der Waals surface area contributed by atoms with E-state index in [9.17, 15) is 4.79 Å². The molecule has 0 aliphatic heterocycles. The Labute approximate surface area is 165 Å². The van der Waals surface area contributed by atoms with Gasteiger partial charge >= 0.3 is 5.97 Å². The summed E-state index contributed by atoms with van der Waals surface area (Å²) in [5.74, 6) is 1.08. The molecular weight excluding hydrogens is 412 g/mol. The molecule has 2 aromatic carbocycles. The molecule has 0 fully saturated rings. The van der Waals surface area contributed by atoms with Crippen LogP contribution in [-0.2, 0) is 9.53 Å². The van der Waals surface area contributed by atoms with Crippen LogP contribution in [0.15, 0.2) is 47.1 Å². The fourth-order valence-corrected chi connectivity index (χ4v) is 3.39. The number of fused-ring (bicyclic) bond motifs is 1. The maximum Gasteiger partial charge on any atom is 0.333 e. The third-order valence-corrected chi connectivity index (χ3v) is 4.84. The van der Waals surface area contributed by atoms with Crippen LogP contribution in [0.2, 0.25) is 0 Å². The first kappa shape index (κ1) is 19.1. The van der Waals surface area contributed by atoms with Crippen LogP contribution in [-0.4, -0.2) is 31.8 Å². The molecule has 1 heterocycles. The van der Waals surface area contributed by atoms with Crippen molar-refractivity contribution >= 4 is 38.5 Å². The Morgan fingerprint density at radius 2 is 1.93 bits per heavy atom. The number of ether oxygens (including phenoxy) is 3. The van der Waals surface area contributed by atoms with E-state index in [4.69, 9.17) is 14.2 Å². The smallest absolute Gasteiger partial charge is 0.333 e. The highest BCUT2D eigenvalue weighted by molar-refractivity contribution is 9.10. The van der Waals surface area contributed by atoms with Crippen molar-refractivity contribution in [3.63, 3.8) is 0 Å². The van der Waals surface area contributed by atoms with Crippen LogP contribution in [0.4, 0.5) is 5.69 Å². The first-order chi connectivity index (χ1) is 13.1. The fourth-order valence-electron chi connectivity index (χ4n) is 2.88. The molecule has 0 radical (unpaired) electrons. The van der Waals surface area contributed by atoms with Crippen LogP contribution in [0.1, 0.15) is 18.5 Å². The quantitative estimate of drug-likeness (QED) is 0.530. The first-order valence-corrected chi connectivity index (χ1v) is 9.28. The summed E-state index contributed by atoms with van der Waals surface area (Å²) >= 11 is 3.48. The third-order valence-electron chi connectivity index (χ3n) is 4.22. The van der Waals surface area contributed by atoms with Crippen molar-refractivity contribution in [2.75, 3.05) is 26.1 Å². The minimum absolute atomic E-state index is 0.302. The molecule has 3 rings (SSSR count). The van der Waals surface area contributed by atoms with E-state index in [2.05, 4.69) is 26.2 Å². The van der Waals surface area contributed by atoms with Gasteiger partial charge in [0.1, 0.15) is 11.5 Å². The molecule has 0 aliphatic rings. The molecule has 0 aliphatic carbocycles. The largest absolute Gasteiger partial charge is 0.497 e. The van der Waals surface area contributed by atoms with Gasteiger partial charge in [0, 0.05) is 28.4 Å². The van der Waals surface area contributed by atoms with E-state index in [-0.39, 0.29) is 5.97 Å². The summed E-state index contributed by atoms with van der Waals surface area (Å²) in [6.45, 7) is 2.09. The number of rotatable bonds is 7. The van der Waals surface area contributed by atoms with Gasteiger partial charge < -0.3 is 24.5 Å². The molecule has 2 N–H and O–H groups in total. The molecule has 0 bridgehead atoms. The highest BCUT2D eigenvalue weighted by atomic mass is 79.9. The SMILES string of the molecule is CCOC(=O)C(Nc1ccc(OC)cc1)c1c[nH]c2cc(Br)c(OC)cc12. The van der Waals surface area contributed by atoms with Crippen LogP contribution in [0.25, 0.3) is 10.9 Å². The molecule has 0 saturated heterocycles. The Hall–Kier alpha value is -2.67. The lowest BCUT2D eigenvalue weighted by Crippen LogP contribution is -2.23. The monoisotopic (exact) mass is 432 g/mol. The van der Waals surface area contributed by atoms with Crippen LogP contribution in [0, 0.1) is 0 Å². The minimum Gasteiger partial charge on any atom is -0.497 e. The first-order valence-electron chi connectivity index (χ1n) is 8.49. The lowest BCUT2D eigenvalue weighted by molar-refractivity contribution is -0.144. The number of anilines is 1. The van der Waals surface area contributed by atoms with E-state index in [0.29, 0.717) is 12.4 Å². The second kappa shape index (κ2) is 8.35. The Morgan fingerprint density at radius 3 is 2.56 bits per heavy atom. The van der Waals surface area contributed by atoms with Crippen molar-refractivity contribution < 1.29 is 19.0 Å². The number of halogens is 1. The second-order valence-electron chi connectivity index (χ2n) is 5.83. The van der Waals surface area contributed by atoms with Gasteiger partial charge in [0.05, 0.1) is 25.3 Å². The van der Waals surface area contributed by atoms with Crippen molar-refractivity contribution in [2.24, 2.45) is 0 Å². The van der Waals surface area contributed by atoms with E-state index in [1.807, 2.05) is 42.6 Å². The van der Waals surface area contributed by atoms with Gasteiger partial charge in [-0.15, -0.1) is 0 Å². The highest BCUT2D eigenvalue weighted by Gasteiger charge is 2.25. The van der Waals surface area contributed by atoms with Crippen molar-refractivity contribution in [3.8, 4) is 11.5 Å². The number of aromatic nitrogens is 1. The van der Waals surface area contributed by atoms with Crippen LogP contribution < -0.4 is 14.8 Å². The summed E-state index contributed by atoms with van der Waals surface area (Å²) in [5.41, 5.74) is 2.46. The second-order valence-corrected chi connectivity index (χ2v) is 6.69. The Balaban J connectivity index is 2.02. The van der Waals surface area contributed by atoms with Gasteiger partial charge in [-0.1, -0.05) is 0 Å². The number of carbonyl (C=O) groups excluding carboxylic acids is 1. The predicted molar refractivity (Wildman–Crippen MR) is 109 cm³/mol. The van der Waals surface area contributed by atoms with E-state index in [0.717, 1.165) is 32.4 Å². The molecule has 0 spiro atoms. The summed E-state index contributed by atoms with van der Waals surface area (Å²) in [6.07, 6.45) is 1.81. The van der Waals surface area contributed by atoms with Crippen LogP contribution in [0.5, 0.6) is 11.5 Å². The van der Waals surface area contributed by atoms with Gasteiger partial charge in [-0.2, -0.15) is 0 Å². The summed E-state index contributed by atoms with van der Waals surface area (Å²) in [6, 6.07) is 10.5. The van der Waals surface area contributed by atoms with Crippen molar-refractivity contribution in [1.82, 2.24) is 4.98 Å². The molecule has 142 valence electrons. The van der Waals surface area contributed by atoms with Crippen LogP contribution in [0.3, 0.4) is 0 Å². The summed E-state index contributed by atoms with van der Waals surface area (Å²) in [4.78, 5) is 15.9. The van der Waals surface area contributed by atoms with Crippen molar-refractivity contribution in [2.45, 2.75) is 13.0 Å². The lowest BCUT2D eigenvalue weighted by atomic mass is 10.0. The fraction of sp³-hybridized carbons (Fsp3) is 0.250. The zero-order valence-electron chi connectivity index (χ0n) is 15.3. The van der Waals surface area contributed by atoms with Gasteiger partial charge in [-0.25, -0.2) is 4.79 Å². The average Bonchev–Trinajstić information content (AvgIpc) is 3.08. The number of benzene rings is 2. The molecule has 6 nitrogen and oxygen atoms in total. The number of hydrogen-bond acceptors (Lipinski definition) is 5. The molecule has 0 saturated carbocycles. The maximum absolute atomic E-state index is 12.7. The van der Waals surface area contributed by atoms with Gasteiger partial charge in [0.2, 0.25) is 0 Å². The summed E-state index contributed by atoms with van der Waals surface area (Å²) in [5, 5.41) is 4.14. The number of esters is 1. The van der Waals surface area contributed by atoms with Crippen LogP contribution >= 0.6 is 15.9 Å². The molecule has 1 unspecified atom stereocenters. The highest BCUT2D eigenvalue weighted by Crippen LogP contribution is 2.35. The number of carbonyl (C=O) groups is 1. The molecular formula is C20H21BrN2O4. The minimum atomic E-state index is -0.669. The molecule has 27 heavy (non-hydrogen) atoms. The summed E-state index contributed by atoms with van der Waals surface area (Å²) < 4.78 is 16.7. The van der Waals surface area contributed by atoms with E-state index < -0.39 is 6.04 Å². The zero-order chi connectivity index (χ0) is 19.4. The molecule has 7 heteroatoms. The van der Waals surface area contributed by atoms with E-state index >= 15 is 0 Å². The normalized spacial score (nSPS) is 11.9. The molecule has 1 atom stereocenters. The van der Waals surface area contributed by atoms with Crippen molar-refractivity contribution in [1.29, 1.82) is 0 Å². The van der Waals surface area contributed by atoms with Gasteiger partial charge in [-0.3, -0.25) is 0 Å². The zero-order valence-corrected chi connectivity index (χ0v) is 16.9. The Morgan fingerprint density at radius 1 is 1.19 bits per heavy atom. The average molecular weight is 433 g/mol. The molecule has 0 amide bonds. The molecule has 1 aromatic heterocycles. The number of nitrogens with one attached hydrogen (secondary N) is 2. The third kappa shape index (κ3) is 4.03. The standard InChI is InChI=1S/C20H21BrN2O4/c1-4-27-20(24)19(23-12-5-7-13(25-2)8-6-12)15-11-22-17-10-16(21)18(26-3)9-14(15)17/h5-11,19,22-23H,4H2,1-3H3. The lowest BCUT2D eigenvalue weighted by Gasteiger charge is -2.18. The number of H-pyrrole nitrogens is 1. The summed E-state index contributed by atoms with van der Waals surface area (Å²) in [7, 11) is 3.22. The number of hydrogen-bond donors (Lipinski definition) is 2. The number of methoxy groups -OCH3 is 2. The predicted octanol–water partition coefficient (Wildman–Crippen LogP) is 4.66. The maximum atomic E-state index is 12.7. The van der Waals surface area contributed by atoms with Gasteiger partial charge in [0.25, 0.3) is 0 Å². The Kier molecular flexibility index (Phi) is 5.91.